The van der Waals surface area contributed by atoms with Crippen molar-refractivity contribution in [3.8, 4) is 5.75 Å². The normalized spacial score (nSPS) is 10.2. The second-order valence-corrected chi connectivity index (χ2v) is 5.64. The maximum absolute atomic E-state index is 12.6. The monoisotopic (exact) mass is 343 g/mol. The minimum Gasteiger partial charge on any atom is -0.493 e. The molecule has 0 saturated heterocycles. The molecule has 0 radical (unpaired) electrons. The lowest BCUT2D eigenvalue weighted by molar-refractivity contribution is 0.0826. The van der Waals surface area contributed by atoms with Crippen molar-refractivity contribution in [2.24, 2.45) is 7.05 Å². The first-order chi connectivity index (χ1) is 11.8. The Morgan fingerprint density at radius 2 is 1.92 bits per heavy atom. The molecule has 1 heterocycles. The zero-order valence-corrected chi connectivity index (χ0v) is 14.7. The average molecular weight is 343 g/mol. The highest BCUT2D eigenvalue weighted by Gasteiger charge is 2.17. The Morgan fingerprint density at radius 3 is 2.56 bits per heavy atom. The van der Waals surface area contributed by atoms with Gasteiger partial charge in [0.15, 0.2) is 0 Å². The number of para-hydroxylation sites is 1. The molecule has 1 aromatic carbocycles. The summed E-state index contributed by atoms with van der Waals surface area (Å²) in [4.78, 5) is 38.4. The summed E-state index contributed by atoms with van der Waals surface area (Å²) in [5.74, 6) is -0.309. The number of aromatic nitrogens is 1. The van der Waals surface area contributed by atoms with Gasteiger partial charge in [0.05, 0.1) is 17.7 Å². The SMILES string of the molecule is CCOc1ccccc1C(=O)Nc1cc(C(=O)N(C)C)cn(C)c1=O. The highest BCUT2D eigenvalue weighted by molar-refractivity contribution is 6.06. The van der Waals surface area contributed by atoms with Crippen LogP contribution in [-0.2, 0) is 7.05 Å². The maximum atomic E-state index is 12.6. The van der Waals surface area contributed by atoms with Gasteiger partial charge < -0.3 is 19.5 Å². The molecule has 2 aromatic rings. The molecule has 0 saturated carbocycles. The number of ether oxygens (including phenoxy) is 1. The third-order valence-electron chi connectivity index (χ3n) is 3.52. The van der Waals surface area contributed by atoms with Crippen LogP contribution >= 0.6 is 0 Å². The van der Waals surface area contributed by atoms with Crippen LogP contribution in [-0.4, -0.2) is 42.0 Å². The third kappa shape index (κ3) is 4.06. The molecule has 7 nitrogen and oxygen atoms in total. The zero-order valence-electron chi connectivity index (χ0n) is 14.7. The molecule has 0 aliphatic carbocycles. The molecule has 1 aromatic heterocycles. The molecular formula is C18H21N3O4. The van der Waals surface area contributed by atoms with E-state index in [1.54, 1.807) is 38.4 Å². The molecule has 2 amide bonds. The van der Waals surface area contributed by atoms with Gasteiger partial charge >= 0.3 is 0 Å². The van der Waals surface area contributed by atoms with Gasteiger partial charge in [0.1, 0.15) is 11.4 Å². The topological polar surface area (TPSA) is 80.6 Å². The summed E-state index contributed by atoms with van der Waals surface area (Å²) < 4.78 is 6.70. The summed E-state index contributed by atoms with van der Waals surface area (Å²) in [6.45, 7) is 2.24. The summed E-state index contributed by atoms with van der Waals surface area (Å²) >= 11 is 0. The van der Waals surface area contributed by atoms with Gasteiger partial charge in [-0.15, -0.1) is 0 Å². The van der Waals surface area contributed by atoms with Crippen molar-refractivity contribution in [3.05, 3.63) is 58.0 Å². The number of aryl methyl sites for hydroxylation is 1. The van der Waals surface area contributed by atoms with Crippen LogP contribution in [0.2, 0.25) is 0 Å². The molecule has 2 rings (SSSR count). The number of rotatable bonds is 5. The Labute approximate surface area is 145 Å². The number of carbonyl (C=O) groups excluding carboxylic acids is 2. The Balaban J connectivity index is 2.39. The second kappa shape index (κ2) is 7.65. The van der Waals surface area contributed by atoms with Crippen LogP contribution < -0.4 is 15.6 Å². The van der Waals surface area contributed by atoms with E-state index in [-0.39, 0.29) is 11.6 Å². The van der Waals surface area contributed by atoms with E-state index in [9.17, 15) is 14.4 Å². The lowest BCUT2D eigenvalue weighted by atomic mass is 10.1. The van der Waals surface area contributed by atoms with E-state index in [4.69, 9.17) is 4.74 Å². The van der Waals surface area contributed by atoms with E-state index >= 15 is 0 Å². The quantitative estimate of drug-likeness (QED) is 0.897. The Hall–Kier alpha value is -3.09. The minimum atomic E-state index is -0.476. The molecule has 0 atom stereocenters. The first-order valence-corrected chi connectivity index (χ1v) is 7.80. The van der Waals surface area contributed by atoms with Crippen LogP contribution in [0, 0.1) is 0 Å². The van der Waals surface area contributed by atoms with Crippen LogP contribution in [0.1, 0.15) is 27.6 Å². The van der Waals surface area contributed by atoms with Gasteiger partial charge in [0.2, 0.25) is 0 Å². The van der Waals surface area contributed by atoms with Crippen LogP contribution in [0.4, 0.5) is 5.69 Å². The fourth-order valence-corrected chi connectivity index (χ4v) is 2.30. The second-order valence-electron chi connectivity index (χ2n) is 5.64. The summed E-state index contributed by atoms with van der Waals surface area (Å²) in [7, 11) is 4.76. The number of benzene rings is 1. The average Bonchev–Trinajstić information content (AvgIpc) is 2.58. The van der Waals surface area contributed by atoms with Crippen molar-refractivity contribution in [2.45, 2.75) is 6.92 Å². The van der Waals surface area contributed by atoms with Crippen LogP contribution in [0.25, 0.3) is 0 Å². The molecule has 25 heavy (non-hydrogen) atoms. The fourth-order valence-electron chi connectivity index (χ4n) is 2.30. The molecule has 0 fully saturated rings. The molecule has 1 N–H and O–H groups in total. The lowest BCUT2D eigenvalue weighted by Gasteiger charge is -2.14. The van der Waals surface area contributed by atoms with Crippen molar-refractivity contribution in [2.75, 3.05) is 26.0 Å². The largest absolute Gasteiger partial charge is 0.493 e. The van der Waals surface area contributed by atoms with E-state index in [2.05, 4.69) is 5.32 Å². The minimum absolute atomic E-state index is 0.0338. The maximum Gasteiger partial charge on any atom is 0.274 e. The fraction of sp³-hybridized carbons (Fsp3) is 0.278. The van der Waals surface area contributed by atoms with E-state index < -0.39 is 11.5 Å². The van der Waals surface area contributed by atoms with Crippen LogP contribution in [0.5, 0.6) is 5.75 Å². The van der Waals surface area contributed by atoms with Crippen molar-refractivity contribution < 1.29 is 14.3 Å². The van der Waals surface area contributed by atoms with Crippen molar-refractivity contribution in [1.82, 2.24) is 9.47 Å². The lowest BCUT2D eigenvalue weighted by Crippen LogP contribution is -2.28. The number of amides is 2. The number of nitrogens with zero attached hydrogens (tertiary/aromatic N) is 2. The predicted octanol–water partition coefficient (Wildman–Crippen LogP) is 1.74. The Bertz CT molecular complexity index is 856. The van der Waals surface area contributed by atoms with Gasteiger partial charge in [-0.05, 0) is 25.1 Å². The summed E-state index contributed by atoms with van der Waals surface area (Å²) in [6.07, 6.45) is 1.44. The smallest absolute Gasteiger partial charge is 0.274 e. The number of carbonyl (C=O) groups is 2. The highest BCUT2D eigenvalue weighted by atomic mass is 16.5. The number of pyridine rings is 1. The van der Waals surface area contributed by atoms with Crippen LogP contribution in [0.3, 0.4) is 0 Å². The van der Waals surface area contributed by atoms with Crippen molar-refractivity contribution in [1.29, 1.82) is 0 Å². The molecule has 0 aliphatic rings. The third-order valence-corrected chi connectivity index (χ3v) is 3.52. The van der Waals surface area contributed by atoms with E-state index in [0.29, 0.717) is 23.5 Å². The molecule has 0 spiro atoms. The number of hydrogen-bond acceptors (Lipinski definition) is 4. The Morgan fingerprint density at radius 1 is 1.24 bits per heavy atom. The summed E-state index contributed by atoms with van der Waals surface area (Å²) in [5, 5.41) is 2.58. The number of anilines is 1. The molecule has 0 bridgehead atoms. The number of nitrogens with one attached hydrogen (secondary N) is 1. The predicted molar refractivity (Wildman–Crippen MR) is 95.3 cm³/mol. The van der Waals surface area contributed by atoms with Crippen molar-refractivity contribution in [3.63, 3.8) is 0 Å². The van der Waals surface area contributed by atoms with Gasteiger partial charge in [0.25, 0.3) is 17.4 Å². The van der Waals surface area contributed by atoms with Crippen molar-refractivity contribution >= 4 is 17.5 Å². The molecule has 0 unspecified atom stereocenters. The zero-order chi connectivity index (χ0) is 18.6. The molecular weight excluding hydrogens is 322 g/mol. The standard InChI is InChI=1S/C18H21N3O4/c1-5-25-15-9-7-6-8-13(15)16(22)19-14-10-12(17(23)20(2)3)11-21(4)18(14)24/h6-11H,5H2,1-4H3,(H,19,22). The van der Waals surface area contributed by atoms with E-state index in [1.807, 2.05) is 6.92 Å². The highest BCUT2D eigenvalue weighted by Crippen LogP contribution is 2.19. The van der Waals surface area contributed by atoms with Gasteiger partial charge in [-0.25, -0.2) is 0 Å². The van der Waals surface area contributed by atoms with Gasteiger partial charge in [-0.3, -0.25) is 14.4 Å². The van der Waals surface area contributed by atoms with Gasteiger partial charge in [-0.1, -0.05) is 12.1 Å². The first-order valence-electron chi connectivity index (χ1n) is 7.80. The van der Waals surface area contributed by atoms with Crippen LogP contribution in [0.15, 0.2) is 41.3 Å². The number of hydrogen-bond donors (Lipinski definition) is 1. The van der Waals surface area contributed by atoms with E-state index in [0.717, 1.165) is 0 Å². The van der Waals surface area contributed by atoms with E-state index in [1.165, 1.54) is 28.8 Å². The van der Waals surface area contributed by atoms with Gasteiger partial charge in [0, 0.05) is 27.3 Å². The summed E-state index contributed by atoms with van der Waals surface area (Å²) in [5.41, 5.74) is 0.250. The van der Waals surface area contributed by atoms with Gasteiger partial charge in [-0.2, -0.15) is 0 Å². The summed E-state index contributed by atoms with van der Waals surface area (Å²) in [6, 6.07) is 8.15. The molecule has 0 aliphatic heterocycles. The first kappa shape index (κ1) is 18.3. The Kier molecular flexibility index (Phi) is 5.59. The molecule has 7 heteroatoms. The molecule has 132 valence electrons.